The number of ether oxygens (including phenoxy) is 6. The van der Waals surface area contributed by atoms with Gasteiger partial charge in [-0.15, -0.1) is 0 Å². The summed E-state index contributed by atoms with van der Waals surface area (Å²) >= 11 is 0. The molecule has 0 saturated carbocycles. The number of likely N-dealkylation sites (tertiary alicyclic amines) is 2. The van der Waals surface area contributed by atoms with Gasteiger partial charge in [0.2, 0.25) is 0 Å². The maximum atomic E-state index is 12.4. The average Bonchev–Trinajstić information content (AvgIpc) is 0.727. The van der Waals surface area contributed by atoms with Crippen LogP contribution in [0.3, 0.4) is 0 Å². The lowest BCUT2D eigenvalue weighted by atomic mass is 9.73. The Morgan fingerprint density at radius 2 is 0.768 bits per heavy atom. The van der Waals surface area contributed by atoms with Crippen LogP contribution in [0.15, 0.2) is 133 Å². The van der Waals surface area contributed by atoms with E-state index in [1.807, 2.05) is 217 Å². The number of piperidine rings is 2. The maximum absolute atomic E-state index is 12.4. The fraction of sp³-hybridized carbons (Fsp3) is 0.652. The van der Waals surface area contributed by atoms with Gasteiger partial charge in [0.1, 0.15) is 23.0 Å². The standard InChI is InChI=1S/2C17H18O2.C14H18O3.C12H25NO.C12H25N.C10H12O2.C7H14O3Si.C3H6O3Si.C3H10O2Si.C2H6.18CH4/c2*1-4-19-16-11-12(2)15(10-13(16)3)17(18)14-8-6-5-7-9-14;1-3-12(15)14(2)9-16-13(17-10-14)11-7-5-4-6-8-11;1-7-14-10-8-11(2,3)13(6)12(4,5)9-10;1-7-10-8-11(2,3)13(6)12(4,5)9-10;1-3-12-10-6-4-5-8(2)9(10)7-11;1-3-11-8-4-7(2,5-9-11)6-10-11;1-2-7-4-3(5-7)6-7;1-3-6(2,4)5;1-2;;;;;;;;;;;;;;;;;;/h2*5-11H,4H2,1-3H3;4-8,13H,3,9-10H2,1-2H3;10H,7-9H2,1-6H3;10H,7-9H2,1-6H3;4-7H,3H2,1-2H3;3-6H2,1-2H3;3H,2H2,1H3;4-5H,3H2,1-2H3;1-2H3;18*1H4. The lowest BCUT2D eigenvalue weighted by molar-refractivity contribution is -0.392. The van der Waals surface area contributed by atoms with Gasteiger partial charge in [0, 0.05) is 100 Å². The van der Waals surface area contributed by atoms with Gasteiger partial charge in [-0.3, -0.25) is 29.0 Å². The van der Waals surface area contributed by atoms with Gasteiger partial charge in [-0.2, -0.15) is 0 Å². The number of ketones is 3. The van der Waals surface area contributed by atoms with Crippen LogP contribution in [0.25, 0.3) is 0 Å². The lowest BCUT2D eigenvalue weighted by Gasteiger charge is -2.55. The Balaban J connectivity index is -0.0000000944. The Morgan fingerprint density at radius 1 is 0.435 bits per heavy atom. The van der Waals surface area contributed by atoms with Crippen molar-refractivity contribution in [3.63, 3.8) is 0 Å². The molecule has 9 saturated heterocycles. The smallest absolute Gasteiger partial charge is 0.494 e. The minimum Gasteiger partial charge on any atom is -0.494 e. The highest BCUT2D eigenvalue weighted by Gasteiger charge is 2.67. The van der Waals surface area contributed by atoms with Gasteiger partial charge < -0.3 is 64.6 Å². The zero-order chi connectivity index (χ0) is 90.3. The van der Waals surface area contributed by atoms with Crippen molar-refractivity contribution in [2.45, 2.75) is 418 Å². The normalized spacial score (nSPS) is 20.1. The number of hydrogen-bond acceptors (Lipinski definition) is 20. The second kappa shape index (κ2) is 76.2. The van der Waals surface area contributed by atoms with E-state index in [0.29, 0.717) is 85.1 Å². The van der Waals surface area contributed by atoms with Crippen LogP contribution in [0.2, 0.25) is 24.7 Å². The van der Waals surface area contributed by atoms with E-state index in [-0.39, 0.29) is 180 Å². The number of nitrogens with zero attached hydrogens (tertiary/aromatic N) is 2. The van der Waals surface area contributed by atoms with Crippen molar-refractivity contribution in [3.05, 3.63) is 195 Å². The summed E-state index contributed by atoms with van der Waals surface area (Å²) in [5.74, 6) is 3.61. The van der Waals surface area contributed by atoms with Crippen LogP contribution < -0.4 is 14.2 Å². The van der Waals surface area contributed by atoms with Crippen molar-refractivity contribution in [3.8, 4) is 17.2 Å². The quantitative estimate of drug-likeness (QED) is 0.0411. The minimum atomic E-state index is -2.63. The van der Waals surface area contributed by atoms with E-state index in [4.69, 9.17) is 64.6 Å². The van der Waals surface area contributed by atoms with Crippen molar-refractivity contribution in [1.29, 1.82) is 0 Å². The number of rotatable bonds is 20. The molecule has 9 fully saturated rings. The molecule has 9 aliphatic heterocycles. The van der Waals surface area contributed by atoms with Crippen molar-refractivity contribution in [2.24, 2.45) is 16.7 Å². The first-order valence-corrected chi connectivity index (χ1v) is 50.0. The van der Waals surface area contributed by atoms with Gasteiger partial charge in [-0.05, 0) is 241 Å². The van der Waals surface area contributed by atoms with E-state index in [9.17, 15) is 19.2 Å². The van der Waals surface area contributed by atoms with Crippen LogP contribution in [-0.4, -0.2) is 177 Å². The second-order valence-electron chi connectivity index (χ2n) is 34.9. The van der Waals surface area contributed by atoms with Gasteiger partial charge in [0.15, 0.2) is 24.1 Å². The molecule has 0 atom stereocenters. The first kappa shape index (κ1) is 165. The summed E-state index contributed by atoms with van der Waals surface area (Å²) in [5.41, 5.74) is 10.3. The van der Waals surface area contributed by atoms with Crippen molar-refractivity contribution in [1.82, 2.24) is 9.80 Å². The van der Waals surface area contributed by atoms with Crippen molar-refractivity contribution < 1.29 is 83.7 Å². The predicted octanol–water partition coefficient (Wildman–Crippen LogP) is 32.6. The van der Waals surface area contributed by atoms with E-state index in [1.54, 1.807) is 13.0 Å². The Labute approximate surface area is 858 Å². The molecule has 2 N–H and O–H groups in total. The molecule has 15 rings (SSSR count). The molecule has 0 spiro atoms. The largest absolute Gasteiger partial charge is 0.511 e. The Kier molecular flexibility index (Phi) is 91.1. The summed E-state index contributed by atoms with van der Waals surface area (Å²) in [7, 11) is -2.08. The Hall–Kier alpha value is -6.47. The van der Waals surface area contributed by atoms with Crippen LogP contribution in [0.4, 0.5) is 0 Å². The van der Waals surface area contributed by atoms with Gasteiger partial charge >= 0.3 is 26.2 Å². The van der Waals surface area contributed by atoms with Crippen LogP contribution in [-0.2, 0) is 45.6 Å². The topological polar surface area (TPSA) is 226 Å². The molecule has 814 valence electrons. The number of hydrogen-bond donors (Lipinski definition) is 2. The number of fused-ring (bicyclic) bond motifs is 3. The van der Waals surface area contributed by atoms with Gasteiger partial charge in [-0.25, -0.2) is 0 Å². The monoisotopic (exact) mass is 2010 g/mol. The van der Waals surface area contributed by atoms with Crippen molar-refractivity contribution in [2.75, 3.05) is 73.6 Å². The van der Waals surface area contributed by atoms with E-state index < -0.39 is 31.6 Å². The molecule has 6 aromatic rings. The number of Topliss-reactive ketones (excluding diaryl/α,β-unsaturated/α-hetero) is 1. The Morgan fingerprint density at radius 3 is 1.05 bits per heavy atom. The van der Waals surface area contributed by atoms with Gasteiger partial charge in [0.05, 0.1) is 50.1 Å². The molecule has 0 aromatic heterocycles. The molecule has 23 heteroatoms. The number of carbonyl (C=O) groups excluding carboxylic acids is 4. The van der Waals surface area contributed by atoms with E-state index in [2.05, 4.69) is 107 Å². The molecular weight excluding hydrogens is 1780 g/mol. The van der Waals surface area contributed by atoms with E-state index in [1.165, 1.54) is 25.8 Å². The predicted molar refractivity (Wildman–Crippen MR) is 610 cm³/mol. The van der Waals surface area contributed by atoms with Crippen LogP contribution in [0.1, 0.15) is 399 Å². The molecule has 4 bridgehead atoms. The van der Waals surface area contributed by atoms with Crippen LogP contribution in [0.5, 0.6) is 17.2 Å². The molecule has 9 aliphatic rings. The molecule has 9 heterocycles. The lowest BCUT2D eigenvalue weighted by Crippen LogP contribution is -2.75. The molecule has 0 amide bonds. The molecule has 0 unspecified atom stereocenters. The second-order valence-corrected chi connectivity index (χ2v) is 43.7. The summed E-state index contributed by atoms with van der Waals surface area (Å²) in [4.78, 5) is 69.4. The Bertz CT molecular complexity index is 3880. The summed E-state index contributed by atoms with van der Waals surface area (Å²) in [6.07, 6.45) is 7.77. The number of aldehydes is 1. The molecule has 0 aliphatic carbocycles. The summed E-state index contributed by atoms with van der Waals surface area (Å²) in [6, 6.07) is 44.1. The number of aryl methyl sites for hydroxylation is 5. The molecular formula is C115H224N2O18Si3. The van der Waals surface area contributed by atoms with Crippen LogP contribution >= 0.6 is 0 Å². The third-order valence-electron chi connectivity index (χ3n) is 23.0. The highest BCUT2D eigenvalue weighted by Crippen LogP contribution is 2.44. The third-order valence-corrected chi connectivity index (χ3v) is 29.5. The highest BCUT2D eigenvalue weighted by atomic mass is 28.4. The average molecular weight is 2010 g/mol. The number of benzene rings is 6. The first-order valence-electron chi connectivity index (χ1n) is 43.5. The molecule has 138 heavy (non-hydrogen) atoms. The molecule has 20 nitrogen and oxygen atoms in total. The van der Waals surface area contributed by atoms with Crippen molar-refractivity contribution >= 4 is 49.8 Å². The zero-order valence-corrected chi connectivity index (χ0v) is 81.6. The van der Waals surface area contributed by atoms with Gasteiger partial charge in [0.25, 0.3) is 6.48 Å². The highest BCUT2D eigenvalue weighted by molar-refractivity contribution is 6.65. The molecule has 6 aromatic carbocycles. The summed E-state index contributed by atoms with van der Waals surface area (Å²) in [6.45, 7) is 61.7. The fourth-order valence-corrected chi connectivity index (χ4v) is 18.9. The number of carbonyl (C=O) groups is 4. The fourth-order valence-electron chi connectivity index (χ4n) is 14.9. The minimum absolute atomic E-state index is 0. The van der Waals surface area contributed by atoms with Gasteiger partial charge in [-0.1, -0.05) is 299 Å². The third kappa shape index (κ3) is 49.2. The first-order chi connectivity index (χ1) is 56.4. The van der Waals surface area contributed by atoms with Crippen LogP contribution in [0, 0.1) is 51.4 Å². The summed E-state index contributed by atoms with van der Waals surface area (Å²) in [5, 5.41) is 0. The van der Waals surface area contributed by atoms with E-state index >= 15 is 0 Å². The SMILES string of the molecule is C.C.C.C.C.C.C.C.C.C.C.C.C.C.C.C.C.C.CC.CCC(=O)C1(C)COC(c2ccccc2)OC1.CCC1CC(C)(C)N(C)C(C)(C)C1.CCOC1CC(C)(C)N(C)C(C)(C)C1.CCOc1cc(C)c(C(=O)c2ccccc2)cc1C.CCOc1cc(C)c(C(=O)c2ccccc2)cc1C.CCOc1cccc(C)c1C=O.CC[Si](C)(O)O.CC[Si]12OC(O1)O2.CC[Si]12OCC(C)(CO1)CO2. The maximum Gasteiger partial charge on any atom is 0.511 e. The molecule has 0 radical (unpaired) electrons. The summed E-state index contributed by atoms with van der Waals surface area (Å²) < 4.78 is 65.5. The van der Waals surface area contributed by atoms with E-state index in [0.717, 1.165) is 120 Å². The zero-order valence-electron chi connectivity index (χ0n) is 78.6.